The van der Waals surface area contributed by atoms with Crippen LogP contribution in [-0.2, 0) is 26.2 Å². The van der Waals surface area contributed by atoms with Crippen molar-refractivity contribution in [3.05, 3.63) is 89.5 Å². The highest BCUT2D eigenvalue weighted by atomic mass is 32.2. The molecule has 0 radical (unpaired) electrons. The van der Waals surface area contributed by atoms with Gasteiger partial charge >= 0.3 is 0 Å². The molecule has 0 saturated heterocycles. The standard InChI is InChI=1S/C30H37N3O5S/c1-6-18-31-30(35)24(4)32(20-25-11-9-12-26(19-25)38-5)29(34)21-33(28-13-8-7-10-23(28)3)39(36,37)27-16-14-22(2)15-17-27/h7-17,19,24H,6,18,20-21H2,1-5H3,(H,31,35). The number of methoxy groups -OCH3 is 1. The molecule has 0 fully saturated rings. The molecule has 3 aromatic carbocycles. The van der Waals surface area contributed by atoms with Gasteiger partial charge in [-0.3, -0.25) is 13.9 Å². The van der Waals surface area contributed by atoms with Gasteiger partial charge < -0.3 is 15.0 Å². The van der Waals surface area contributed by atoms with Gasteiger partial charge in [0.05, 0.1) is 17.7 Å². The first-order chi connectivity index (χ1) is 18.6. The summed E-state index contributed by atoms with van der Waals surface area (Å²) in [4.78, 5) is 28.4. The Morgan fingerprint density at radius 1 is 0.974 bits per heavy atom. The summed E-state index contributed by atoms with van der Waals surface area (Å²) in [7, 11) is -2.55. The van der Waals surface area contributed by atoms with Gasteiger partial charge in [-0.05, 0) is 68.7 Å². The summed E-state index contributed by atoms with van der Waals surface area (Å²) >= 11 is 0. The fraction of sp³-hybridized carbons (Fsp3) is 0.333. The van der Waals surface area contributed by atoms with Crippen molar-refractivity contribution in [3.8, 4) is 5.75 Å². The number of aryl methyl sites for hydroxylation is 2. The van der Waals surface area contributed by atoms with Crippen LogP contribution < -0.4 is 14.4 Å². The molecule has 8 nitrogen and oxygen atoms in total. The van der Waals surface area contributed by atoms with Gasteiger partial charge in [-0.25, -0.2) is 8.42 Å². The molecule has 9 heteroatoms. The average molecular weight is 552 g/mol. The van der Waals surface area contributed by atoms with E-state index in [1.807, 2.05) is 26.0 Å². The zero-order chi connectivity index (χ0) is 28.6. The van der Waals surface area contributed by atoms with Gasteiger partial charge in [-0.15, -0.1) is 0 Å². The number of para-hydroxylation sites is 1. The maximum Gasteiger partial charge on any atom is 0.264 e. The Morgan fingerprint density at radius 3 is 2.31 bits per heavy atom. The van der Waals surface area contributed by atoms with Crippen LogP contribution in [0.4, 0.5) is 5.69 Å². The highest BCUT2D eigenvalue weighted by Gasteiger charge is 2.33. The smallest absolute Gasteiger partial charge is 0.264 e. The summed E-state index contributed by atoms with van der Waals surface area (Å²) in [5.74, 6) is -0.195. The van der Waals surface area contributed by atoms with Gasteiger partial charge in [0.25, 0.3) is 10.0 Å². The van der Waals surface area contributed by atoms with Crippen LogP contribution in [0.15, 0.2) is 77.7 Å². The number of hydrogen-bond donors (Lipinski definition) is 1. The number of benzene rings is 3. The fourth-order valence-electron chi connectivity index (χ4n) is 4.14. The minimum atomic E-state index is -4.10. The number of carbonyl (C=O) groups excluding carboxylic acids is 2. The van der Waals surface area contributed by atoms with E-state index >= 15 is 0 Å². The van der Waals surface area contributed by atoms with Crippen LogP contribution >= 0.6 is 0 Å². The molecule has 0 spiro atoms. The van der Waals surface area contributed by atoms with Crippen LogP contribution in [0.2, 0.25) is 0 Å². The topological polar surface area (TPSA) is 96.0 Å². The Morgan fingerprint density at radius 2 is 1.67 bits per heavy atom. The highest BCUT2D eigenvalue weighted by Crippen LogP contribution is 2.27. The van der Waals surface area contributed by atoms with Crippen molar-refractivity contribution < 1.29 is 22.7 Å². The largest absolute Gasteiger partial charge is 0.497 e. The number of nitrogens with zero attached hydrogens (tertiary/aromatic N) is 2. The molecule has 0 heterocycles. The molecule has 0 aliphatic carbocycles. The summed E-state index contributed by atoms with van der Waals surface area (Å²) in [5.41, 5.74) is 2.77. The zero-order valence-electron chi connectivity index (χ0n) is 23.2. The van der Waals surface area contributed by atoms with Gasteiger partial charge in [0, 0.05) is 13.1 Å². The van der Waals surface area contributed by atoms with E-state index in [0.717, 1.165) is 21.9 Å². The van der Waals surface area contributed by atoms with Gasteiger partial charge in [0.1, 0.15) is 18.3 Å². The Kier molecular flexibility index (Phi) is 10.1. The number of ether oxygens (including phenoxy) is 1. The lowest BCUT2D eigenvalue weighted by atomic mass is 10.1. The van der Waals surface area contributed by atoms with Crippen LogP contribution in [0, 0.1) is 13.8 Å². The molecule has 39 heavy (non-hydrogen) atoms. The fourth-order valence-corrected chi connectivity index (χ4v) is 5.62. The maximum absolute atomic E-state index is 14.0. The second-order valence-corrected chi connectivity index (χ2v) is 11.3. The number of anilines is 1. The number of sulfonamides is 1. The molecule has 1 unspecified atom stereocenters. The van der Waals surface area contributed by atoms with Gasteiger partial charge in [0.15, 0.2) is 0 Å². The Hall–Kier alpha value is -3.85. The molecule has 3 rings (SSSR count). The van der Waals surface area contributed by atoms with E-state index in [4.69, 9.17) is 4.74 Å². The van der Waals surface area contributed by atoms with E-state index in [0.29, 0.717) is 23.5 Å². The maximum atomic E-state index is 14.0. The van der Waals surface area contributed by atoms with Crippen LogP contribution in [0.3, 0.4) is 0 Å². The van der Waals surface area contributed by atoms with Crippen LogP contribution in [0.5, 0.6) is 5.75 Å². The monoisotopic (exact) mass is 551 g/mol. The van der Waals surface area contributed by atoms with Crippen molar-refractivity contribution in [1.29, 1.82) is 0 Å². The molecule has 0 aliphatic heterocycles. The lowest BCUT2D eigenvalue weighted by Gasteiger charge is -2.32. The molecular weight excluding hydrogens is 514 g/mol. The Bertz CT molecular complexity index is 1390. The normalized spacial score (nSPS) is 11.9. The molecule has 0 saturated carbocycles. The van der Waals surface area contributed by atoms with Crippen molar-refractivity contribution >= 4 is 27.5 Å². The second kappa shape index (κ2) is 13.3. The minimum Gasteiger partial charge on any atom is -0.497 e. The van der Waals surface area contributed by atoms with Crippen LogP contribution in [0.25, 0.3) is 0 Å². The molecule has 3 aromatic rings. The molecule has 0 aliphatic rings. The molecule has 0 aromatic heterocycles. The third kappa shape index (κ3) is 7.38. The molecule has 1 atom stereocenters. The number of rotatable bonds is 12. The number of carbonyl (C=O) groups is 2. The van der Waals surface area contributed by atoms with Crippen molar-refractivity contribution in [1.82, 2.24) is 10.2 Å². The summed E-state index contributed by atoms with van der Waals surface area (Å²) in [6.45, 7) is 7.36. The van der Waals surface area contributed by atoms with Crippen molar-refractivity contribution in [2.45, 2.75) is 51.6 Å². The SMILES string of the molecule is CCCNC(=O)C(C)N(Cc1cccc(OC)c1)C(=O)CN(c1ccccc1C)S(=O)(=O)c1ccc(C)cc1. The predicted octanol–water partition coefficient (Wildman–Crippen LogP) is 4.45. The van der Waals surface area contributed by atoms with E-state index in [1.54, 1.807) is 69.5 Å². The van der Waals surface area contributed by atoms with Gasteiger partial charge in [0.2, 0.25) is 11.8 Å². The first kappa shape index (κ1) is 29.7. The van der Waals surface area contributed by atoms with E-state index in [2.05, 4.69) is 5.32 Å². The third-order valence-electron chi connectivity index (χ3n) is 6.48. The summed E-state index contributed by atoms with van der Waals surface area (Å²) in [6, 6.07) is 19.9. The van der Waals surface area contributed by atoms with E-state index in [-0.39, 0.29) is 17.3 Å². The number of amides is 2. The number of hydrogen-bond acceptors (Lipinski definition) is 5. The lowest BCUT2D eigenvalue weighted by Crippen LogP contribution is -2.51. The highest BCUT2D eigenvalue weighted by molar-refractivity contribution is 7.92. The third-order valence-corrected chi connectivity index (χ3v) is 8.25. The lowest BCUT2D eigenvalue weighted by molar-refractivity contribution is -0.139. The Labute approximate surface area is 231 Å². The molecule has 0 bridgehead atoms. The van der Waals surface area contributed by atoms with Crippen molar-refractivity contribution in [2.24, 2.45) is 0 Å². The van der Waals surface area contributed by atoms with Crippen LogP contribution in [-0.4, -0.2) is 51.4 Å². The number of nitrogens with one attached hydrogen (secondary N) is 1. The summed E-state index contributed by atoms with van der Waals surface area (Å²) < 4.78 is 34.3. The molecular formula is C30H37N3O5S. The van der Waals surface area contributed by atoms with Gasteiger partial charge in [-0.1, -0.05) is 55.0 Å². The summed E-state index contributed by atoms with van der Waals surface area (Å²) in [6.07, 6.45) is 0.748. The quantitative estimate of drug-likeness (QED) is 0.359. The van der Waals surface area contributed by atoms with E-state index in [1.165, 1.54) is 17.0 Å². The first-order valence-corrected chi connectivity index (χ1v) is 14.4. The molecule has 208 valence electrons. The predicted molar refractivity (Wildman–Crippen MR) is 153 cm³/mol. The van der Waals surface area contributed by atoms with Crippen LogP contribution in [0.1, 0.15) is 37.0 Å². The van der Waals surface area contributed by atoms with Crippen molar-refractivity contribution in [3.63, 3.8) is 0 Å². The summed E-state index contributed by atoms with van der Waals surface area (Å²) in [5, 5.41) is 2.84. The van der Waals surface area contributed by atoms with Gasteiger partial charge in [-0.2, -0.15) is 0 Å². The van der Waals surface area contributed by atoms with E-state index < -0.39 is 28.5 Å². The van der Waals surface area contributed by atoms with Crippen molar-refractivity contribution in [2.75, 3.05) is 24.5 Å². The Balaban J connectivity index is 2.03. The minimum absolute atomic E-state index is 0.0808. The zero-order valence-corrected chi connectivity index (χ0v) is 24.0. The average Bonchev–Trinajstić information content (AvgIpc) is 2.93. The molecule has 1 N–H and O–H groups in total. The second-order valence-electron chi connectivity index (χ2n) is 9.45. The first-order valence-electron chi connectivity index (χ1n) is 12.9. The molecule has 2 amide bonds. The van der Waals surface area contributed by atoms with E-state index in [9.17, 15) is 18.0 Å².